The number of anilines is 2. The fraction of sp³-hybridized carbons (Fsp3) is 0.308. The Labute approximate surface area is 273 Å². The average molecular weight is 744 g/mol. The Hall–Kier alpha value is -1.76. The minimum atomic E-state index is -3.36. The van der Waals surface area contributed by atoms with Gasteiger partial charge in [-0.15, -0.1) is 0 Å². The zero-order chi connectivity index (χ0) is 30.2. The van der Waals surface area contributed by atoms with Crippen molar-refractivity contribution in [3.63, 3.8) is 0 Å². The Kier molecular flexibility index (Phi) is 15.6. The molecule has 0 aliphatic carbocycles. The van der Waals surface area contributed by atoms with Gasteiger partial charge in [0.2, 0.25) is 0 Å². The van der Waals surface area contributed by atoms with E-state index in [-0.39, 0.29) is 0 Å². The van der Waals surface area contributed by atoms with E-state index in [4.69, 9.17) is 43.5 Å². The van der Waals surface area contributed by atoms with Crippen molar-refractivity contribution in [3.8, 4) is 0 Å². The molecule has 0 radical (unpaired) electrons. The van der Waals surface area contributed by atoms with E-state index in [0.717, 1.165) is 59.2 Å². The summed E-state index contributed by atoms with van der Waals surface area (Å²) in [7, 11) is 16.8. The summed E-state index contributed by atoms with van der Waals surface area (Å²) < 4.78 is 9.87. The molecule has 4 rings (SSSR count). The molecule has 0 saturated carbocycles. The van der Waals surface area contributed by atoms with Crippen molar-refractivity contribution in [3.05, 3.63) is 71.7 Å². The van der Waals surface area contributed by atoms with Crippen LogP contribution in [0.5, 0.6) is 0 Å². The van der Waals surface area contributed by atoms with Gasteiger partial charge in [-0.25, -0.2) is 9.13 Å². The maximum atomic E-state index is 5.73. The number of azo groups is 2. The Morgan fingerprint density at radius 1 is 0.667 bits per heavy atom. The molecule has 0 fully saturated rings. The van der Waals surface area contributed by atoms with Crippen LogP contribution in [0.1, 0.15) is 13.8 Å². The predicted molar refractivity (Wildman–Crippen MR) is 173 cm³/mol. The molecule has 2 aromatic carbocycles. The molecule has 42 heavy (non-hydrogen) atoms. The summed E-state index contributed by atoms with van der Waals surface area (Å²) in [5.74, 6) is 0. The molecule has 0 amide bonds. The van der Waals surface area contributed by atoms with Crippen LogP contribution in [0.25, 0.3) is 0 Å². The van der Waals surface area contributed by atoms with Crippen molar-refractivity contribution >= 4 is 94.5 Å². The summed E-state index contributed by atoms with van der Waals surface area (Å²) in [6.07, 6.45) is 4.04. The first-order chi connectivity index (χ1) is 20.2. The third-order valence-corrected chi connectivity index (χ3v) is 6.96. The molecule has 0 unspecified atom stereocenters. The first-order valence-electron chi connectivity index (χ1n) is 13.3. The van der Waals surface area contributed by atoms with Gasteiger partial charge in [0.15, 0.2) is 0 Å². The van der Waals surface area contributed by atoms with Crippen molar-refractivity contribution in [1.82, 2.24) is 0 Å². The number of thiazole rings is 2. The fourth-order valence-electron chi connectivity index (χ4n) is 3.37. The van der Waals surface area contributed by atoms with E-state index in [1.807, 2.05) is 71.7 Å². The Morgan fingerprint density at radius 3 is 1.40 bits per heavy atom. The third kappa shape index (κ3) is 13.7. The molecule has 0 aliphatic rings. The van der Waals surface area contributed by atoms with Crippen molar-refractivity contribution < 1.29 is 24.7 Å². The van der Waals surface area contributed by atoms with Gasteiger partial charge in [0.25, 0.3) is 0 Å². The summed E-state index contributed by atoms with van der Waals surface area (Å²) in [4.78, 5) is 0. The zero-order valence-electron chi connectivity index (χ0n) is 23.3. The molecule has 2 N–H and O–H groups in total. The van der Waals surface area contributed by atoms with Gasteiger partial charge in [0, 0.05) is 35.2 Å². The van der Waals surface area contributed by atoms with Gasteiger partial charge in [0.1, 0.15) is 23.8 Å². The Bertz CT molecular complexity index is 1290. The van der Waals surface area contributed by atoms with Gasteiger partial charge in [-0.2, -0.15) is 0 Å². The van der Waals surface area contributed by atoms with Gasteiger partial charge in [-0.1, -0.05) is 0 Å². The number of hydrogen-bond acceptors (Lipinski definition) is 9. The van der Waals surface area contributed by atoms with Crippen LogP contribution in [0.3, 0.4) is 0 Å². The molecule has 2 aromatic heterocycles. The molecule has 0 bridgehead atoms. The first kappa shape index (κ1) is 34.7. The van der Waals surface area contributed by atoms with Crippen molar-refractivity contribution in [2.24, 2.45) is 20.5 Å². The van der Waals surface area contributed by atoms with Crippen LogP contribution in [0.2, 0.25) is 0 Å². The average Bonchev–Trinajstić information content (AvgIpc) is 3.63. The van der Waals surface area contributed by atoms with Crippen LogP contribution in [-0.4, -0.2) is 26.3 Å². The predicted octanol–water partition coefficient (Wildman–Crippen LogP) is 9.55. The normalized spacial score (nSPS) is 11.6. The molecule has 4 aromatic rings. The van der Waals surface area contributed by atoms with Crippen LogP contribution in [0.4, 0.5) is 33.0 Å². The van der Waals surface area contributed by atoms with Crippen molar-refractivity contribution in [2.45, 2.75) is 26.9 Å². The number of aromatic nitrogens is 2. The molecule has 0 atom stereocenters. The Balaban J connectivity index is 0.000000892. The second-order valence-electron chi connectivity index (χ2n) is 8.51. The van der Waals surface area contributed by atoms with E-state index in [1.165, 1.54) is 0 Å². The number of rotatable bonds is 14. The van der Waals surface area contributed by atoms with Gasteiger partial charge < -0.3 is 15.4 Å². The summed E-state index contributed by atoms with van der Waals surface area (Å²) in [6.45, 7) is 8.66. The van der Waals surface area contributed by atoms with E-state index in [9.17, 15) is 0 Å². The molecular formula is C26H32Cl4N8OS2Zn. The summed E-state index contributed by atoms with van der Waals surface area (Å²) in [5.41, 5.74) is 3.71. The number of halogens is 4. The van der Waals surface area contributed by atoms with Crippen LogP contribution >= 0.6 is 61.4 Å². The fourth-order valence-corrected chi connectivity index (χ4v) is 4.85. The van der Waals surface area contributed by atoms with E-state index in [0.29, 0.717) is 13.2 Å². The first-order valence-corrected chi connectivity index (χ1v) is 30.7. The topological polar surface area (TPSA) is 90.5 Å². The van der Waals surface area contributed by atoms with Gasteiger partial charge >= 0.3 is 59.8 Å². The standard InChI is InChI=1S/C26H30N8OS2.4ClH.Zn/c1-3-33-15-19-36-25(33)31-29-23-9-5-21(6-10-23)27-13-17-35-18-14-28-22-7-11-24(12-8-22)30-32-26-34(4-2)16-20-37-26;;;;;/h5-12,15-16,19-20H,3-4,13-14,17-18H2,1-2H3;4*1H;/q;;;;;+2/p-2. The quantitative estimate of drug-likeness (QED) is 0.0584. The molecule has 224 valence electrons. The third-order valence-electron chi connectivity index (χ3n) is 5.39. The summed E-state index contributed by atoms with van der Waals surface area (Å²) in [5, 5.41) is 29.9. The van der Waals surface area contributed by atoms with Crippen molar-refractivity contribution in [2.75, 3.05) is 36.9 Å². The van der Waals surface area contributed by atoms with Crippen LogP contribution in [0, 0.1) is 0 Å². The maximum absolute atomic E-state index is 5.73. The molecule has 0 saturated heterocycles. The van der Waals surface area contributed by atoms with Gasteiger partial charge in [-0.3, -0.25) is 0 Å². The minimum absolute atomic E-state index is 0.623. The summed E-state index contributed by atoms with van der Waals surface area (Å²) >= 11 is 3.16. The van der Waals surface area contributed by atoms with Crippen LogP contribution in [-0.2, 0) is 28.6 Å². The molecular weight excluding hydrogens is 712 g/mol. The van der Waals surface area contributed by atoms with E-state index < -0.39 is 10.8 Å². The number of nitrogens with zero attached hydrogens (tertiary/aromatic N) is 6. The molecule has 0 aliphatic heterocycles. The van der Waals surface area contributed by atoms with E-state index in [2.05, 4.69) is 54.1 Å². The number of benzene rings is 2. The molecule has 2 heterocycles. The zero-order valence-corrected chi connectivity index (χ0v) is 30.9. The van der Waals surface area contributed by atoms with Gasteiger partial charge in [0.05, 0.1) is 36.5 Å². The van der Waals surface area contributed by atoms with E-state index >= 15 is 0 Å². The molecule has 0 spiro atoms. The SMILES string of the molecule is CC[n+]1ccsc1N=Nc1ccc(NCCOCCNc2ccc(N=Nc3scc[n+]3CC)cc2)cc1.[Cl][Zn-2]([Cl])([Cl])[Cl]. The second kappa shape index (κ2) is 18.8. The molecule has 9 nitrogen and oxygen atoms in total. The second-order valence-corrected chi connectivity index (χ2v) is 38.0. The van der Waals surface area contributed by atoms with Crippen LogP contribution < -0.4 is 19.8 Å². The number of hydrogen-bond donors (Lipinski definition) is 2. The number of aryl methyl sites for hydroxylation is 2. The summed E-state index contributed by atoms with van der Waals surface area (Å²) in [6, 6.07) is 15.8. The number of nitrogens with one attached hydrogen (secondary N) is 2. The van der Waals surface area contributed by atoms with Crippen molar-refractivity contribution in [1.29, 1.82) is 0 Å². The number of ether oxygens (including phenoxy) is 1. The molecule has 16 heteroatoms. The van der Waals surface area contributed by atoms with Crippen LogP contribution in [0.15, 0.2) is 92.1 Å². The Morgan fingerprint density at radius 2 is 1.05 bits per heavy atom. The van der Waals surface area contributed by atoms with E-state index in [1.54, 1.807) is 22.7 Å². The van der Waals surface area contributed by atoms with Gasteiger partial charge in [-0.05, 0) is 95.3 Å². The monoisotopic (exact) mass is 740 g/mol.